The van der Waals surface area contributed by atoms with E-state index in [1.165, 1.54) is 14.2 Å². The Morgan fingerprint density at radius 3 is 2.29 bits per heavy atom. The van der Waals surface area contributed by atoms with Gasteiger partial charge >= 0.3 is 0 Å². The van der Waals surface area contributed by atoms with Crippen LogP contribution in [0.5, 0.6) is 11.5 Å². The van der Waals surface area contributed by atoms with Crippen LogP contribution in [0.2, 0.25) is 5.02 Å². The smallest absolute Gasteiger partial charge is 0.284 e. The molecule has 3 nitrogen and oxygen atoms in total. The van der Waals surface area contributed by atoms with Gasteiger partial charge in [0.1, 0.15) is 5.02 Å². The Balaban J connectivity index is 3.33. The zero-order chi connectivity index (χ0) is 10.7. The first-order valence-corrected chi connectivity index (χ1v) is 4.04. The molecule has 6 heteroatoms. The van der Waals surface area contributed by atoms with E-state index in [0.717, 1.165) is 6.20 Å². The molecule has 0 fully saturated rings. The van der Waals surface area contributed by atoms with Crippen LogP contribution in [-0.4, -0.2) is 19.2 Å². The number of methoxy groups -OCH3 is 2. The fourth-order valence-electron chi connectivity index (χ4n) is 1.01. The summed E-state index contributed by atoms with van der Waals surface area (Å²) in [6, 6.07) is 0. The molecule has 1 aromatic rings. The average molecular weight is 224 g/mol. The van der Waals surface area contributed by atoms with Crippen molar-refractivity contribution < 1.29 is 18.3 Å². The number of alkyl halides is 2. The molecule has 0 aromatic carbocycles. The van der Waals surface area contributed by atoms with Gasteiger partial charge in [0.2, 0.25) is 0 Å². The molecule has 0 N–H and O–H groups in total. The molecule has 0 spiro atoms. The molecule has 0 aliphatic rings. The predicted molar refractivity (Wildman–Crippen MR) is 47.3 cm³/mol. The van der Waals surface area contributed by atoms with E-state index >= 15 is 0 Å². The summed E-state index contributed by atoms with van der Waals surface area (Å²) in [6.45, 7) is 0. The Morgan fingerprint density at radius 1 is 1.29 bits per heavy atom. The first kappa shape index (κ1) is 11.0. The van der Waals surface area contributed by atoms with Gasteiger partial charge in [-0.1, -0.05) is 11.6 Å². The molecule has 0 amide bonds. The van der Waals surface area contributed by atoms with Crippen molar-refractivity contribution in [2.24, 2.45) is 0 Å². The van der Waals surface area contributed by atoms with Crippen LogP contribution < -0.4 is 9.47 Å². The molecule has 0 atom stereocenters. The van der Waals surface area contributed by atoms with Crippen LogP contribution in [0.1, 0.15) is 12.1 Å². The summed E-state index contributed by atoms with van der Waals surface area (Å²) >= 11 is 5.67. The Bertz CT molecular complexity index is 333. The standard InChI is InChI=1S/C8H8ClF2NO2/c1-13-6-4(9)3-12-5(8(10)11)7(6)14-2/h3,8H,1-2H3. The van der Waals surface area contributed by atoms with Gasteiger partial charge in [-0.25, -0.2) is 13.8 Å². The van der Waals surface area contributed by atoms with Crippen molar-refractivity contribution in [1.29, 1.82) is 0 Å². The minimum absolute atomic E-state index is 0.0690. The molecule has 0 aliphatic heterocycles. The molecule has 14 heavy (non-hydrogen) atoms. The van der Waals surface area contributed by atoms with Gasteiger partial charge in [-0.3, -0.25) is 0 Å². The topological polar surface area (TPSA) is 31.4 Å². The maximum absolute atomic E-state index is 12.4. The normalized spacial score (nSPS) is 10.4. The van der Waals surface area contributed by atoms with Crippen molar-refractivity contribution in [3.63, 3.8) is 0 Å². The fourth-order valence-corrected chi connectivity index (χ4v) is 1.22. The van der Waals surface area contributed by atoms with Gasteiger partial charge in [0.25, 0.3) is 6.43 Å². The maximum atomic E-state index is 12.4. The number of rotatable bonds is 3. The summed E-state index contributed by atoms with van der Waals surface area (Å²) in [5.74, 6) is -0.0607. The molecule has 0 saturated carbocycles. The van der Waals surface area contributed by atoms with Gasteiger partial charge in [-0.05, 0) is 0 Å². The lowest BCUT2D eigenvalue weighted by atomic mass is 10.3. The van der Waals surface area contributed by atoms with Crippen molar-refractivity contribution >= 4 is 11.6 Å². The highest BCUT2D eigenvalue weighted by Gasteiger charge is 2.21. The second-order valence-electron chi connectivity index (χ2n) is 2.36. The van der Waals surface area contributed by atoms with E-state index in [1.807, 2.05) is 0 Å². The van der Waals surface area contributed by atoms with E-state index < -0.39 is 12.1 Å². The molecule has 1 aromatic heterocycles. The van der Waals surface area contributed by atoms with Crippen LogP contribution in [0.25, 0.3) is 0 Å². The Morgan fingerprint density at radius 2 is 1.86 bits per heavy atom. The minimum atomic E-state index is -2.73. The third-order valence-corrected chi connectivity index (χ3v) is 1.86. The molecule has 0 radical (unpaired) electrons. The molecular weight excluding hydrogens is 216 g/mol. The number of pyridine rings is 1. The van der Waals surface area contributed by atoms with Crippen LogP contribution >= 0.6 is 11.6 Å². The summed E-state index contributed by atoms with van der Waals surface area (Å²) in [7, 11) is 2.57. The highest BCUT2D eigenvalue weighted by Crippen LogP contribution is 2.39. The monoisotopic (exact) mass is 223 g/mol. The van der Waals surface area contributed by atoms with E-state index in [9.17, 15) is 8.78 Å². The molecule has 0 bridgehead atoms. The zero-order valence-corrected chi connectivity index (χ0v) is 8.31. The predicted octanol–water partition coefficient (Wildman–Crippen LogP) is 2.69. The Labute approximate surface area is 84.6 Å². The SMILES string of the molecule is COc1c(Cl)cnc(C(F)F)c1OC. The molecule has 0 aliphatic carbocycles. The van der Waals surface area contributed by atoms with E-state index in [1.54, 1.807) is 0 Å². The number of nitrogens with zero attached hydrogens (tertiary/aromatic N) is 1. The van der Waals surface area contributed by atoms with E-state index in [-0.39, 0.29) is 16.5 Å². The largest absolute Gasteiger partial charge is 0.491 e. The van der Waals surface area contributed by atoms with Gasteiger partial charge in [0, 0.05) is 0 Å². The van der Waals surface area contributed by atoms with Crippen LogP contribution in [0.4, 0.5) is 8.78 Å². The number of hydrogen-bond donors (Lipinski definition) is 0. The highest BCUT2D eigenvalue weighted by atomic mass is 35.5. The maximum Gasteiger partial charge on any atom is 0.284 e. The molecule has 0 saturated heterocycles. The Kier molecular flexibility index (Phi) is 3.46. The van der Waals surface area contributed by atoms with Crippen molar-refractivity contribution in [2.45, 2.75) is 6.43 Å². The molecule has 1 rings (SSSR count). The summed E-state index contributed by atoms with van der Waals surface area (Å²) in [5, 5.41) is 0.133. The molecule has 1 heterocycles. The zero-order valence-electron chi connectivity index (χ0n) is 7.55. The first-order valence-electron chi connectivity index (χ1n) is 3.66. The molecule has 0 unspecified atom stereocenters. The van der Waals surface area contributed by atoms with Crippen LogP contribution in [-0.2, 0) is 0 Å². The lowest BCUT2D eigenvalue weighted by Gasteiger charge is -2.12. The van der Waals surface area contributed by atoms with Gasteiger partial charge in [-0.15, -0.1) is 0 Å². The molecule has 78 valence electrons. The lowest BCUT2D eigenvalue weighted by molar-refractivity contribution is 0.140. The van der Waals surface area contributed by atoms with Crippen molar-refractivity contribution in [1.82, 2.24) is 4.98 Å². The summed E-state index contributed by atoms with van der Waals surface area (Å²) in [6.07, 6.45) is -1.62. The second-order valence-corrected chi connectivity index (χ2v) is 2.77. The highest BCUT2D eigenvalue weighted by molar-refractivity contribution is 6.32. The van der Waals surface area contributed by atoms with Gasteiger partial charge in [-0.2, -0.15) is 0 Å². The number of aromatic nitrogens is 1. The number of halogens is 3. The van der Waals surface area contributed by atoms with Gasteiger partial charge < -0.3 is 9.47 Å². The third kappa shape index (κ3) is 1.87. The minimum Gasteiger partial charge on any atom is -0.491 e. The van der Waals surface area contributed by atoms with E-state index in [2.05, 4.69) is 4.98 Å². The molecular formula is C8H8ClF2NO2. The van der Waals surface area contributed by atoms with Gasteiger partial charge in [0.15, 0.2) is 17.2 Å². The van der Waals surface area contributed by atoms with Gasteiger partial charge in [0.05, 0.1) is 20.4 Å². The summed E-state index contributed by atoms with van der Waals surface area (Å²) in [4.78, 5) is 3.47. The quantitative estimate of drug-likeness (QED) is 0.790. The Hall–Kier alpha value is -1.10. The van der Waals surface area contributed by atoms with Crippen molar-refractivity contribution in [3.05, 3.63) is 16.9 Å². The van der Waals surface area contributed by atoms with E-state index in [0.29, 0.717) is 0 Å². The summed E-state index contributed by atoms with van der Waals surface area (Å²) < 4.78 is 34.4. The van der Waals surface area contributed by atoms with Crippen LogP contribution in [0, 0.1) is 0 Å². The number of hydrogen-bond acceptors (Lipinski definition) is 3. The lowest BCUT2D eigenvalue weighted by Crippen LogP contribution is -1.99. The van der Waals surface area contributed by atoms with E-state index in [4.69, 9.17) is 21.1 Å². The first-order chi connectivity index (χ1) is 6.61. The second kappa shape index (κ2) is 4.41. The van der Waals surface area contributed by atoms with Crippen molar-refractivity contribution in [2.75, 3.05) is 14.2 Å². The van der Waals surface area contributed by atoms with Crippen molar-refractivity contribution in [3.8, 4) is 11.5 Å². The average Bonchev–Trinajstić information content (AvgIpc) is 2.16. The fraction of sp³-hybridized carbons (Fsp3) is 0.375. The number of ether oxygens (including phenoxy) is 2. The van der Waals surface area contributed by atoms with Crippen LogP contribution in [0.15, 0.2) is 6.20 Å². The summed E-state index contributed by atoms with van der Waals surface area (Å²) in [5.41, 5.74) is -0.478. The third-order valence-electron chi connectivity index (χ3n) is 1.59. The van der Waals surface area contributed by atoms with Crippen LogP contribution in [0.3, 0.4) is 0 Å².